The van der Waals surface area contributed by atoms with Gasteiger partial charge in [-0.05, 0) is 43.5 Å². The zero-order chi connectivity index (χ0) is 16.0. The van der Waals surface area contributed by atoms with Crippen molar-refractivity contribution < 1.29 is 4.52 Å². The summed E-state index contributed by atoms with van der Waals surface area (Å²) in [5.74, 6) is 1.31. The summed E-state index contributed by atoms with van der Waals surface area (Å²) in [4.78, 5) is 4.70. The van der Waals surface area contributed by atoms with Crippen LogP contribution in [0.2, 0.25) is 0 Å². The van der Waals surface area contributed by atoms with Crippen LogP contribution in [0.1, 0.15) is 36.3 Å². The lowest BCUT2D eigenvalue weighted by Crippen LogP contribution is -2.36. The lowest BCUT2D eigenvalue weighted by atomic mass is 9.64. The van der Waals surface area contributed by atoms with Crippen molar-refractivity contribution in [2.24, 2.45) is 7.05 Å². The van der Waals surface area contributed by atoms with Gasteiger partial charge in [0.15, 0.2) is 5.82 Å². The first kappa shape index (κ1) is 14.6. The van der Waals surface area contributed by atoms with Gasteiger partial charge in [-0.1, -0.05) is 39.6 Å². The van der Waals surface area contributed by atoms with E-state index in [1.165, 1.54) is 12.0 Å². The fraction of sp³-hybridized carbons (Fsp3) is 0.353. The molecule has 4 rings (SSSR count). The molecule has 0 saturated heterocycles. The summed E-state index contributed by atoms with van der Waals surface area (Å²) in [5.41, 5.74) is 2.93. The van der Waals surface area contributed by atoms with Crippen LogP contribution in [-0.2, 0) is 12.5 Å². The lowest BCUT2D eigenvalue weighted by molar-refractivity contribution is 0.273. The first-order chi connectivity index (χ1) is 11.1. The highest BCUT2D eigenvalue weighted by atomic mass is 79.9. The minimum Gasteiger partial charge on any atom is -0.332 e. The van der Waals surface area contributed by atoms with Gasteiger partial charge >= 0.3 is 0 Å². The number of hydrogen-bond donors (Lipinski definition) is 0. The van der Waals surface area contributed by atoms with E-state index in [9.17, 15) is 0 Å². The molecule has 1 aliphatic carbocycles. The maximum absolute atomic E-state index is 5.54. The van der Waals surface area contributed by atoms with E-state index in [-0.39, 0.29) is 5.41 Å². The van der Waals surface area contributed by atoms with Crippen molar-refractivity contribution in [2.45, 2.75) is 31.6 Å². The van der Waals surface area contributed by atoms with E-state index in [1.54, 1.807) is 4.68 Å². The molecule has 1 aliphatic rings. The number of nitrogens with zero attached hydrogens (tertiary/aromatic N) is 4. The summed E-state index contributed by atoms with van der Waals surface area (Å²) in [6.07, 6.45) is 3.29. The summed E-state index contributed by atoms with van der Waals surface area (Å²) in [6.45, 7) is 1.95. The Morgan fingerprint density at radius 1 is 1.22 bits per heavy atom. The van der Waals surface area contributed by atoms with Crippen molar-refractivity contribution in [3.8, 4) is 11.6 Å². The molecule has 0 atom stereocenters. The van der Waals surface area contributed by atoms with Crippen molar-refractivity contribution in [1.29, 1.82) is 0 Å². The second kappa shape index (κ2) is 5.30. The van der Waals surface area contributed by atoms with E-state index >= 15 is 0 Å². The maximum atomic E-state index is 5.54. The van der Waals surface area contributed by atoms with Gasteiger partial charge in [0, 0.05) is 11.5 Å². The first-order valence-electron chi connectivity index (χ1n) is 7.70. The van der Waals surface area contributed by atoms with E-state index in [0.717, 1.165) is 34.5 Å². The molecule has 0 aliphatic heterocycles. The van der Waals surface area contributed by atoms with Gasteiger partial charge in [-0.2, -0.15) is 10.1 Å². The van der Waals surface area contributed by atoms with E-state index in [2.05, 4.69) is 50.5 Å². The molecular formula is C17H17BrN4O. The van der Waals surface area contributed by atoms with Crippen LogP contribution in [-0.4, -0.2) is 19.9 Å². The predicted octanol–water partition coefficient (Wildman–Crippen LogP) is 4.01. The second-order valence-electron chi connectivity index (χ2n) is 6.16. The average Bonchev–Trinajstić information content (AvgIpc) is 3.07. The third-order valence-corrected chi connectivity index (χ3v) is 5.21. The van der Waals surface area contributed by atoms with Crippen LogP contribution in [0, 0.1) is 6.92 Å². The Bertz CT molecular complexity index is 846. The molecule has 1 saturated carbocycles. The minimum absolute atomic E-state index is 0.115. The molecule has 0 unspecified atom stereocenters. The Kier molecular flexibility index (Phi) is 3.37. The monoisotopic (exact) mass is 372 g/mol. The molecule has 2 heterocycles. The van der Waals surface area contributed by atoms with E-state index < -0.39 is 0 Å². The Balaban J connectivity index is 1.75. The summed E-state index contributed by atoms with van der Waals surface area (Å²) < 4.78 is 8.40. The number of aryl methyl sites for hydroxylation is 2. The molecule has 5 nitrogen and oxygen atoms in total. The highest BCUT2D eigenvalue weighted by molar-refractivity contribution is 9.10. The fourth-order valence-corrected chi connectivity index (χ4v) is 3.54. The van der Waals surface area contributed by atoms with Gasteiger partial charge in [-0.15, -0.1) is 0 Å². The molecule has 0 spiro atoms. The molecule has 118 valence electrons. The topological polar surface area (TPSA) is 56.7 Å². The minimum atomic E-state index is -0.115. The average molecular weight is 373 g/mol. The van der Waals surface area contributed by atoms with E-state index in [1.807, 2.05) is 20.0 Å². The number of rotatable bonds is 3. The van der Waals surface area contributed by atoms with Gasteiger partial charge in [0.1, 0.15) is 5.69 Å². The SMILES string of the molecule is Cc1cc(-c2nc(C3(c4ccc(Br)cc4)CCC3)no2)n(C)n1. The normalized spacial score (nSPS) is 16.3. The zero-order valence-corrected chi connectivity index (χ0v) is 14.7. The standard InChI is InChI=1S/C17H17BrN4O/c1-11-10-14(22(2)20-11)15-19-16(21-23-15)17(8-3-9-17)12-4-6-13(18)7-5-12/h4-7,10H,3,8-9H2,1-2H3. The van der Waals surface area contributed by atoms with Crippen LogP contribution in [0.25, 0.3) is 11.6 Å². The van der Waals surface area contributed by atoms with Crippen molar-refractivity contribution >= 4 is 15.9 Å². The summed E-state index contributed by atoms with van der Waals surface area (Å²) in [5, 5.41) is 8.64. The maximum Gasteiger partial charge on any atom is 0.276 e. The van der Waals surface area contributed by atoms with Gasteiger partial charge in [-0.3, -0.25) is 4.68 Å². The Morgan fingerprint density at radius 3 is 2.52 bits per heavy atom. The predicted molar refractivity (Wildman–Crippen MR) is 90.0 cm³/mol. The highest BCUT2D eigenvalue weighted by Gasteiger charge is 2.44. The van der Waals surface area contributed by atoms with Crippen molar-refractivity contribution in [2.75, 3.05) is 0 Å². The summed E-state index contributed by atoms with van der Waals surface area (Å²) in [6, 6.07) is 10.4. The van der Waals surface area contributed by atoms with Crippen molar-refractivity contribution in [1.82, 2.24) is 19.9 Å². The molecule has 2 aromatic heterocycles. The van der Waals surface area contributed by atoms with Gasteiger partial charge in [0.05, 0.1) is 11.1 Å². The number of benzene rings is 1. The number of halogens is 1. The third-order valence-electron chi connectivity index (χ3n) is 4.68. The quantitative estimate of drug-likeness (QED) is 0.696. The Labute approximate surface area is 142 Å². The van der Waals surface area contributed by atoms with Crippen molar-refractivity contribution in [3.63, 3.8) is 0 Å². The van der Waals surface area contributed by atoms with Gasteiger partial charge < -0.3 is 4.52 Å². The fourth-order valence-electron chi connectivity index (χ4n) is 3.27. The summed E-state index contributed by atoms with van der Waals surface area (Å²) >= 11 is 3.49. The van der Waals surface area contributed by atoms with Gasteiger partial charge in [0.25, 0.3) is 5.89 Å². The Morgan fingerprint density at radius 2 is 1.96 bits per heavy atom. The molecule has 0 N–H and O–H groups in total. The molecule has 0 amide bonds. The molecule has 6 heteroatoms. The van der Waals surface area contributed by atoms with Crippen LogP contribution >= 0.6 is 15.9 Å². The van der Waals surface area contributed by atoms with Crippen molar-refractivity contribution in [3.05, 3.63) is 51.9 Å². The number of aromatic nitrogens is 4. The molecule has 3 aromatic rings. The molecule has 0 bridgehead atoms. The third kappa shape index (κ3) is 2.32. The van der Waals surface area contributed by atoms with Gasteiger partial charge in [0.2, 0.25) is 0 Å². The molecule has 23 heavy (non-hydrogen) atoms. The Hall–Kier alpha value is -1.95. The zero-order valence-electron chi connectivity index (χ0n) is 13.1. The second-order valence-corrected chi connectivity index (χ2v) is 7.08. The van der Waals surface area contributed by atoms with E-state index in [0.29, 0.717) is 5.89 Å². The number of hydrogen-bond acceptors (Lipinski definition) is 4. The van der Waals surface area contributed by atoms with E-state index in [4.69, 9.17) is 9.51 Å². The first-order valence-corrected chi connectivity index (χ1v) is 8.49. The summed E-state index contributed by atoms with van der Waals surface area (Å²) in [7, 11) is 1.89. The smallest absolute Gasteiger partial charge is 0.276 e. The molecule has 0 radical (unpaired) electrons. The largest absolute Gasteiger partial charge is 0.332 e. The van der Waals surface area contributed by atoms with Crippen LogP contribution in [0.4, 0.5) is 0 Å². The molecule has 1 aromatic carbocycles. The molecule has 1 fully saturated rings. The van der Waals surface area contributed by atoms with Crippen LogP contribution in [0.15, 0.2) is 39.3 Å². The van der Waals surface area contributed by atoms with Crippen LogP contribution in [0.5, 0.6) is 0 Å². The van der Waals surface area contributed by atoms with Crippen LogP contribution in [0.3, 0.4) is 0 Å². The van der Waals surface area contributed by atoms with Gasteiger partial charge in [-0.25, -0.2) is 0 Å². The van der Waals surface area contributed by atoms with Crippen LogP contribution < -0.4 is 0 Å². The molecular weight excluding hydrogens is 356 g/mol. The lowest BCUT2D eigenvalue weighted by Gasteiger charge is -2.39. The highest BCUT2D eigenvalue weighted by Crippen LogP contribution is 2.48.